The van der Waals surface area contributed by atoms with Crippen LogP contribution < -0.4 is 4.74 Å². The summed E-state index contributed by atoms with van der Waals surface area (Å²) in [5, 5.41) is 5.93. The molecule has 0 bridgehead atoms. The molecule has 3 nitrogen and oxygen atoms in total. The van der Waals surface area contributed by atoms with Crippen LogP contribution in [-0.4, -0.2) is 19.4 Å². The van der Waals surface area contributed by atoms with E-state index in [2.05, 4.69) is 37.2 Å². The molecule has 0 aliphatic rings. The summed E-state index contributed by atoms with van der Waals surface area (Å²) in [7, 11) is 0. The molecule has 0 aliphatic heterocycles. The second-order valence-electron chi connectivity index (χ2n) is 4.55. The van der Waals surface area contributed by atoms with E-state index >= 15 is 0 Å². The molecule has 1 aromatic carbocycles. The van der Waals surface area contributed by atoms with Gasteiger partial charge in [-0.15, -0.1) is 11.3 Å². The Hall–Kier alpha value is -1.81. The lowest BCUT2D eigenvalue weighted by Gasteiger charge is -2.09. The van der Waals surface area contributed by atoms with E-state index in [1.807, 2.05) is 17.5 Å². The van der Waals surface area contributed by atoms with E-state index in [9.17, 15) is 0 Å². The van der Waals surface area contributed by atoms with E-state index in [-0.39, 0.29) is 0 Å². The summed E-state index contributed by atoms with van der Waals surface area (Å²) < 4.78 is 5.74. The van der Waals surface area contributed by atoms with Gasteiger partial charge in [0.25, 0.3) is 0 Å². The zero-order valence-electron chi connectivity index (χ0n) is 11.8. The van der Waals surface area contributed by atoms with Crippen LogP contribution in [0.15, 0.2) is 40.9 Å². The highest BCUT2D eigenvalue weighted by Crippen LogP contribution is 2.19. The Kier molecular flexibility index (Phi) is 5.62. The minimum Gasteiger partial charge on any atom is -0.493 e. The van der Waals surface area contributed by atoms with E-state index in [1.54, 1.807) is 17.6 Å². The van der Waals surface area contributed by atoms with Gasteiger partial charge in [0, 0.05) is 11.3 Å². The first-order valence-corrected chi connectivity index (χ1v) is 7.52. The van der Waals surface area contributed by atoms with Gasteiger partial charge in [-0.3, -0.25) is 0 Å². The molecule has 0 spiro atoms. The lowest BCUT2D eigenvalue weighted by atomic mass is 10.1. The van der Waals surface area contributed by atoms with Crippen molar-refractivity contribution in [3.8, 4) is 5.75 Å². The summed E-state index contributed by atoms with van der Waals surface area (Å²) >= 11 is 1.64. The van der Waals surface area contributed by atoms with E-state index in [1.165, 1.54) is 5.56 Å². The van der Waals surface area contributed by atoms with Crippen molar-refractivity contribution < 1.29 is 9.57 Å². The second-order valence-corrected chi connectivity index (χ2v) is 5.53. The summed E-state index contributed by atoms with van der Waals surface area (Å²) in [6, 6.07) is 10.2. The van der Waals surface area contributed by atoms with Crippen LogP contribution in [0.1, 0.15) is 22.4 Å². The average Bonchev–Trinajstić information content (AvgIpc) is 2.94. The summed E-state index contributed by atoms with van der Waals surface area (Å²) in [6.07, 6.45) is 2.55. The van der Waals surface area contributed by atoms with Crippen molar-refractivity contribution in [3.63, 3.8) is 0 Å². The minimum atomic E-state index is 0.562. The third-order valence-electron chi connectivity index (χ3n) is 2.78. The van der Waals surface area contributed by atoms with Crippen LogP contribution >= 0.6 is 11.3 Å². The minimum absolute atomic E-state index is 0.562. The number of benzene rings is 1. The number of hydrogen-bond acceptors (Lipinski definition) is 4. The van der Waals surface area contributed by atoms with E-state index in [0.29, 0.717) is 13.2 Å². The van der Waals surface area contributed by atoms with Crippen LogP contribution in [0.5, 0.6) is 5.75 Å². The number of nitrogens with zero attached hydrogens (tertiary/aromatic N) is 1. The molecule has 0 radical (unpaired) electrons. The van der Waals surface area contributed by atoms with E-state index in [0.717, 1.165) is 22.6 Å². The third kappa shape index (κ3) is 4.70. The molecule has 0 aliphatic carbocycles. The van der Waals surface area contributed by atoms with Crippen molar-refractivity contribution in [3.05, 3.63) is 51.7 Å². The SMILES string of the molecule is Cc1ccc(C)c(OCCCO/N=C/c2cccs2)c1. The zero-order chi connectivity index (χ0) is 14.2. The van der Waals surface area contributed by atoms with E-state index < -0.39 is 0 Å². The van der Waals surface area contributed by atoms with Crippen molar-refractivity contribution in [1.29, 1.82) is 0 Å². The molecule has 4 heteroatoms. The Labute approximate surface area is 123 Å². The Morgan fingerprint density at radius 3 is 2.90 bits per heavy atom. The highest BCUT2D eigenvalue weighted by atomic mass is 32.1. The van der Waals surface area contributed by atoms with Gasteiger partial charge < -0.3 is 9.57 Å². The normalized spacial score (nSPS) is 10.9. The first kappa shape index (κ1) is 14.6. The van der Waals surface area contributed by atoms with Gasteiger partial charge in [-0.2, -0.15) is 0 Å². The van der Waals surface area contributed by atoms with Crippen LogP contribution in [0.2, 0.25) is 0 Å². The zero-order valence-corrected chi connectivity index (χ0v) is 12.7. The summed E-state index contributed by atoms with van der Waals surface area (Å²) in [5.74, 6) is 0.951. The second kappa shape index (κ2) is 7.70. The van der Waals surface area contributed by atoms with Crippen LogP contribution in [0.3, 0.4) is 0 Å². The summed E-state index contributed by atoms with van der Waals surface area (Å²) in [5.41, 5.74) is 2.37. The fraction of sp³-hybridized carbons (Fsp3) is 0.312. The van der Waals surface area contributed by atoms with Crippen molar-refractivity contribution >= 4 is 17.6 Å². The quantitative estimate of drug-likeness (QED) is 0.435. The van der Waals surface area contributed by atoms with Crippen LogP contribution in [0.4, 0.5) is 0 Å². The third-order valence-corrected chi connectivity index (χ3v) is 3.59. The van der Waals surface area contributed by atoms with Gasteiger partial charge in [-0.25, -0.2) is 0 Å². The number of rotatable bonds is 7. The monoisotopic (exact) mass is 289 g/mol. The molecule has 0 atom stereocenters. The number of ether oxygens (including phenoxy) is 1. The van der Waals surface area contributed by atoms with Crippen molar-refractivity contribution in [2.45, 2.75) is 20.3 Å². The van der Waals surface area contributed by atoms with Crippen LogP contribution in [0, 0.1) is 13.8 Å². The Morgan fingerprint density at radius 1 is 1.20 bits per heavy atom. The molecule has 20 heavy (non-hydrogen) atoms. The smallest absolute Gasteiger partial charge is 0.122 e. The standard InChI is InChI=1S/C16H19NO2S/c1-13-6-7-14(2)16(11-13)18-8-4-9-19-17-12-15-5-3-10-20-15/h3,5-7,10-12H,4,8-9H2,1-2H3/b17-12+. The number of oxime groups is 1. The molecule has 2 rings (SSSR count). The van der Waals surface area contributed by atoms with Gasteiger partial charge in [0.2, 0.25) is 0 Å². The number of aryl methyl sites for hydroxylation is 2. The molecule has 0 unspecified atom stereocenters. The van der Waals surface area contributed by atoms with Crippen LogP contribution in [0.25, 0.3) is 0 Å². The van der Waals surface area contributed by atoms with Gasteiger partial charge in [0.05, 0.1) is 12.8 Å². The van der Waals surface area contributed by atoms with E-state index in [4.69, 9.17) is 9.57 Å². The molecule has 106 valence electrons. The van der Waals surface area contributed by atoms with Crippen molar-refractivity contribution in [2.75, 3.05) is 13.2 Å². The number of hydrogen-bond donors (Lipinski definition) is 0. The first-order chi connectivity index (χ1) is 9.75. The molecule has 1 heterocycles. The lowest BCUT2D eigenvalue weighted by Crippen LogP contribution is -2.02. The first-order valence-electron chi connectivity index (χ1n) is 6.64. The van der Waals surface area contributed by atoms with Crippen molar-refractivity contribution in [1.82, 2.24) is 0 Å². The molecule has 1 aromatic heterocycles. The predicted molar refractivity (Wildman–Crippen MR) is 83.9 cm³/mol. The molecular weight excluding hydrogens is 270 g/mol. The van der Waals surface area contributed by atoms with Crippen molar-refractivity contribution in [2.24, 2.45) is 5.16 Å². The van der Waals surface area contributed by atoms with Gasteiger partial charge in [-0.1, -0.05) is 23.4 Å². The lowest BCUT2D eigenvalue weighted by molar-refractivity contribution is 0.129. The maximum absolute atomic E-state index is 5.74. The fourth-order valence-corrected chi connectivity index (χ4v) is 2.25. The van der Waals surface area contributed by atoms with Gasteiger partial charge in [-0.05, 0) is 42.5 Å². The molecule has 0 N–H and O–H groups in total. The molecule has 0 saturated carbocycles. The molecule has 0 saturated heterocycles. The highest BCUT2D eigenvalue weighted by molar-refractivity contribution is 7.11. The fourth-order valence-electron chi connectivity index (χ4n) is 1.68. The van der Waals surface area contributed by atoms with Gasteiger partial charge in [0.1, 0.15) is 12.4 Å². The van der Waals surface area contributed by atoms with Gasteiger partial charge in [0.15, 0.2) is 0 Å². The Balaban J connectivity index is 1.63. The highest BCUT2D eigenvalue weighted by Gasteiger charge is 1.99. The predicted octanol–water partition coefficient (Wildman–Crippen LogP) is 4.18. The maximum atomic E-state index is 5.74. The van der Waals surface area contributed by atoms with Gasteiger partial charge >= 0.3 is 0 Å². The topological polar surface area (TPSA) is 30.8 Å². The average molecular weight is 289 g/mol. The molecular formula is C16H19NO2S. The Bertz CT molecular complexity index is 550. The summed E-state index contributed by atoms with van der Waals surface area (Å²) in [4.78, 5) is 6.29. The number of thiophene rings is 1. The maximum Gasteiger partial charge on any atom is 0.122 e. The molecule has 2 aromatic rings. The Morgan fingerprint density at radius 2 is 2.10 bits per heavy atom. The largest absolute Gasteiger partial charge is 0.493 e. The molecule has 0 fully saturated rings. The molecule has 0 amide bonds. The van der Waals surface area contributed by atoms with Crippen LogP contribution in [-0.2, 0) is 4.84 Å². The summed E-state index contributed by atoms with van der Waals surface area (Å²) in [6.45, 7) is 5.32.